The molecule has 0 saturated carbocycles. The molecule has 3 aromatic rings. The Morgan fingerprint density at radius 3 is 2.17 bits per heavy atom. The quantitative estimate of drug-likeness (QED) is 0.364. The van der Waals surface area contributed by atoms with Gasteiger partial charge in [0.15, 0.2) is 9.84 Å². The SMILES string of the molecule is COc1cc(N2CCC(N3CCN(C)CC3)CC2)ccc1Nc1cc(Nc2ccccc2S(=O)(=O)C(C)C)nc(C)n1. The average molecular weight is 594 g/mol. The van der Waals surface area contributed by atoms with Gasteiger partial charge in [-0.2, -0.15) is 0 Å². The number of para-hydroxylation sites is 1. The number of benzene rings is 2. The highest BCUT2D eigenvalue weighted by atomic mass is 32.2. The van der Waals surface area contributed by atoms with Crippen LogP contribution in [0.1, 0.15) is 32.5 Å². The van der Waals surface area contributed by atoms with Crippen molar-refractivity contribution in [1.82, 2.24) is 19.8 Å². The van der Waals surface area contributed by atoms with Crippen LogP contribution in [0.3, 0.4) is 0 Å². The highest BCUT2D eigenvalue weighted by molar-refractivity contribution is 7.92. The summed E-state index contributed by atoms with van der Waals surface area (Å²) >= 11 is 0. The normalized spacial score (nSPS) is 17.4. The highest BCUT2D eigenvalue weighted by Crippen LogP contribution is 2.34. The Labute approximate surface area is 250 Å². The number of likely N-dealkylation sites (N-methyl/N-ethyl adjacent to an activating group) is 1. The lowest BCUT2D eigenvalue weighted by Gasteiger charge is -2.42. The number of nitrogens with one attached hydrogen (secondary N) is 2. The summed E-state index contributed by atoms with van der Waals surface area (Å²) in [6, 6.07) is 15.6. The number of ether oxygens (including phenoxy) is 1. The maximum Gasteiger partial charge on any atom is 0.182 e. The molecule has 0 aliphatic carbocycles. The number of nitrogens with zero attached hydrogens (tertiary/aromatic N) is 5. The van der Waals surface area contributed by atoms with Crippen LogP contribution < -0.4 is 20.3 Å². The van der Waals surface area contributed by atoms with Crippen molar-refractivity contribution in [2.75, 3.05) is 69.0 Å². The summed E-state index contributed by atoms with van der Waals surface area (Å²) in [4.78, 5) is 16.8. The molecule has 226 valence electrons. The monoisotopic (exact) mass is 593 g/mol. The second kappa shape index (κ2) is 12.8. The van der Waals surface area contributed by atoms with Gasteiger partial charge in [-0.3, -0.25) is 4.90 Å². The van der Waals surface area contributed by atoms with E-state index in [1.54, 1.807) is 58.2 Å². The third kappa shape index (κ3) is 6.79. The number of aryl methyl sites for hydroxylation is 1. The van der Waals surface area contributed by atoms with Gasteiger partial charge >= 0.3 is 0 Å². The lowest BCUT2D eigenvalue weighted by atomic mass is 10.0. The first kappa shape index (κ1) is 30.1. The molecular weight excluding hydrogens is 550 g/mol. The lowest BCUT2D eigenvalue weighted by Crippen LogP contribution is -2.52. The molecule has 1 aromatic heterocycles. The third-order valence-corrected chi connectivity index (χ3v) is 10.5. The van der Waals surface area contributed by atoms with Crippen molar-refractivity contribution in [2.24, 2.45) is 0 Å². The number of sulfone groups is 1. The average Bonchev–Trinajstić information content (AvgIpc) is 2.98. The van der Waals surface area contributed by atoms with Crippen LogP contribution in [0.5, 0.6) is 5.75 Å². The fourth-order valence-electron chi connectivity index (χ4n) is 5.70. The zero-order chi connectivity index (χ0) is 29.9. The van der Waals surface area contributed by atoms with Crippen LogP contribution in [-0.2, 0) is 9.84 Å². The van der Waals surface area contributed by atoms with Gasteiger partial charge in [0.1, 0.15) is 23.2 Å². The van der Waals surface area contributed by atoms with Crippen LogP contribution >= 0.6 is 0 Å². The molecule has 0 bridgehead atoms. The number of aromatic nitrogens is 2. The van der Waals surface area contributed by atoms with Crippen LogP contribution in [0.15, 0.2) is 53.4 Å². The Hall–Kier alpha value is -3.41. The topological polar surface area (TPSA) is 103 Å². The van der Waals surface area contributed by atoms with Gasteiger partial charge in [0.2, 0.25) is 0 Å². The molecule has 0 radical (unpaired) electrons. The molecule has 2 aliphatic rings. The molecular formula is C31H43N7O3S. The largest absolute Gasteiger partial charge is 0.494 e. The summed E-state index contributed by atoms with van der Waals surface area (Å²) < 4.78 is 31.6. The number of anilines is 5. The minimum absolute atomic E-state index is 0.246. The first-order chi connectivity index (χ1) is 20.1. The van der Waals surface area contributed by atoms with Crippen molar-refractivity contribution in [2.45, 2.75) is 49.8 Å². The molecule has 11 heteroatoms. The van der Waals surface area contributed by atoms with E-state index in [9.17, 15) is 8.42 Å². The molecule has 2 N–H and O–H groups in total. The molecule has 0 amide bonds. The smallest absolute Gasteiger partial charge is 0.182 e. The second-order valence-electron chi connectivity index (χ2n) is 11.5. The molecule has 0 atom stereocenters. The number of hydrogen-bond donors (Lipinski definition) is 2. The first-order valence-corrected chi connectivity index (χ1v) is 16.3. The highest BCUT2D eigenvalue weighted by Gasteiger charge is 2.27. The van der Waals surface area contributed by atoms with E-state index in [-0.39, 0.29) is 4.90 Å². The standard InChI is InChI=1S/C31H43N7O3S/c1-22(2)42(39,40)29-9-7-6-8-27(29)35-31-21-30(32-23(3)33-31)34-26-11-10-25(20-28(26)41-5)37-14-12-24(13-15-37)38-18-16-36(4)17-19-38/h6-11,20-22,24H,12-19H2,1-5H3,(H2,32,33,34,35). The number of rotatable bonds is 9. The van der Waals surface area contributed by atoms with Crippen molar-refractivity contribution in [3.63, 3.8) is 0 Å². The molecule has 2 saturated heterocycles. The van der Waals surface area contributed by atoms with Crippen LogP contribution in [0.25, 0.3) is 0 Å². The number of hydrogen-bond acceptors (Lipinski definition) is 10. The fourth-order valence-corrected chi connectivity index (χ4v) is 6.90. The van der Waals surface area contributed by atoms with Gasteiger partial charge in [-0.25, -0.2) is 18.4 Å². The minimum Gasteiger partial charge on any atom is -0.494 e. The molecule has 2 fully saturated rings. The Morgan fingerprint density at radius 2 is 1.52 bits per heavy atom. The second-order valence-corrected chi connectivity index (χ2v) is 13.9. The van der Waals surface area contributed by atoms with E-state index in [1.807, 2.05) is 6.07 Å². The van der Waals surface area contributed by atoms with E-state index in [2.05, 4.69) is 54.5 Å². The zero-order valence-corrected chi connectivity index (χ0v) is 26.1. The van der Waals surface area contributed by atoms with Crippen LogP contribution in [0.4, 0.5) is 28.7 Å². The number of methoxy groups -OCH3 is 1. The van der Waals surface area contributed by atoms with Gasteiger partial charge in [-0.15, -0.1) is 0 Å². The lowest BCUT2D eigenvalue weighted by molar-refractivity contribution is 0.0982. The summed E-state index contributed by atoms with van der Waals surface area (Å²) in [5, 5.41) is 6.03. The summed E-state index contributed by atoms with van der Waals surface area (Å²) in [5.41, 5.74) is 2.42. The Balaban J connectivity index is 1.29. The zero-order valence-electron chi connectivity index (χ0n) is 25.3. The number of piperidine rings is 1. The predicted octanol–water partition coefficient (Wildman–Crippen LogP) is 4.68. The summed E-state index contributed by atoms with van der Waals surface area (Å²) in [6.45, 7) is 11.9. The molecule has 2 aliphatic heterocycles. The van der Waals surface area contributed by atoms with E-state index in [4.69, 9.17) is 4.74 Å². The maximum atomic E-state index is 12.9. The van der Waals surface area contributed by atoms with Crippen molar-refractivity contribution in [3.8, 4) is 5.75 Å². The van der Waals surface area contributed by atoms with Gasteiger partial charge in [-0.1, -0.05) is 12.1 Å². The van der Waals surface area contributed by atoms with Crippen molar-refractivity contribution >= 4 is 38.5 Å². The Morgan fingerprint density at radius 1 is 0.881 bits per heavy atom. The van der Waals surface area contributed by atoms with Gasteiger partial charge in [-0.05, 0) is 64.9 Å². The first-order valence-electron chi connectivity index (χ1n) is 14.7. The molecule has 10 nitrogen and oxygen atoms in total. The maximum absolute atomic E-state index is 12.9. The fraction of sp³-hybridized carbons (Fsp3) is 0.484. The molecule has 42 heavy (non-hydrogen) atoms. The predicted molar refractivity (Wildman–Crippen MR) is 169 cm³/mol. The van der Waals surface area contributed by atoms with Crippen LogP contribution in [-0.4, -0.2) is 92.9 Å². The molecule has 0 spiro atoms. The number of piperazine rings is 1. The van der Waals surface area contributed by atoms with E-state index in [0.29, 0.717) is 29.2 Å². The molecule has 3 heterocycles. The third-order valence-electron chi connectivity index (χ3n) is 8.25. The van der Waals surface area contributed by atoms with Crippen LogP contribution in [0.2, 0.25) is 0 Å². The van der Waals surface area contributed by atoms with Crippen molar-refractivity contribution in [3.05, 3.63) is 54.4 Å². The van der Waals surface area contributed by atoms with Crippen molar-refractivity contribution < 1.29 is 13.2 Å². The summed E-state index contributed by atoms with van der Waals surface area (Å²) in [6.07, 6.45) is 2.34. The van der Waals surface area contributed by atoms with Gasteiger partial charge in [0.25, 0.3) is 0 Å². The van der Waals surface area contributed by atoms with Gasteiger partial charge in [0.05, 0.1) is 28.6 Å². The summed E-state index contributed by atoms with van der Waals surface area (Å²) in [7, 11) is 0.403. The van der Waals surface area contributed by atoms with E-state index in [0.717, 1.165) is 43.3 Å². The molecule has 2 aromatic carbocycles. The van der Waals surface area contributed by atoms with E-state index >= 15 is 0 Å². The Kier molecular flexibility index (Phi) is 9.19. The van der Waals surface area contributed by atoms with E-state index < -0.39 is 15.1 Å². The van der Waals surface area contributed by atoms with Gasteiger partial charge < -0.3 is 25.2 Å². The van der Waals surface area contributed by atoms with Gasteiger partial charge in [0, 0.05) is 63.1 Å². The van der Waals surface area contributed by atoms with E-state index in [1.165, 1.54) is 25.9 Å². The van der Waals surface area contributed by atoms with Crippen molar-refractivity contribution in [1.29, 1.82) is 0 Å². The Bertz CT molecular complexity index is 1480. The molecule has 0 unspecified atom stereocenters. The minimum atomic E-state index is -3.48. The van der Waals surface area contributed by atoms with Crippen LogP contribution in [0, 0.1) is 6.92 Å². The molecule has 5 rings (SSSR count). The summed E-state index contributed by atoms with van der Waals surface area (Å²) in [5.74, 6) is 2.35.